The van der Waals surface area contributed by atoms with Crippen LogP contribution in [-0.2, 0) is 59.2 Å². The molecule has 1 rings (SSSR count). The molecule has 0 aliphatic rings. The Bertz CT molecular complexity index is 1770. The van der Waals surface area contributed by atoms with Crippen LogP contribution in [0.25, 0.3) is 0 Å². The van der Waals surface area contributed by atoms with Crippen molar-refractivity contribution in [3.05, 3.63) is 18.2 Å². The molecule has 0 unspecified atom stereocenters. The van der Waals surface area contributed by atoms with Gasteiger partial charge in [0.05, 0.1) is 37.9 Å². The standard InChI is InChI=1S/C35H55N11O16/c1-14(2)7-19(41-30(56)20(9-25(50)51)42-31(57)21(10-26(52)53)43-33(59)23(12-47)45-28(54)15(3)36)32(58)46-27(16(4)48)34(60)40-18(5-6-24(37)49)29(55)44-22(35(61)62)8-17-11-38-13-39-17/h11,13-16,18-23,27,47-48H,5-10,12,36H2,1-4H3,(H2,37,49)(H,38,39)(H,40,60)(H,41,56)(H,42,57)(H,43,59)(H,44,55)(H,45,54)(H,46,58)(H,50,51)(H,52,53)(H,61,62)/t15-,16+,18-,19-,20-,21-,22-,23-,27-/m0/s1. The summed E-state index contributed by atoms with van der Waals surface area (Å²) in [6, 6.07) is -13.6. The predicted octanol–water partition coefficient (Wildman–Crippen LogP) is -6.59. The number of aliphatic hydroxyl groups is 2. The minimum Gasteiger partial charge on any atom is -0.481 e. The minimum atomic E-state index is -2.04. The lowest BCUT2D eigenvalue weighted by molar-refractivity contribution is -0.144. The molecule has 9 atom stereocenters. The number of aliphatic hydroxyl groups excluding tert-OH is 2. The fourth-order valence-corrected chi connectivity index (χ4v) is 5.35. The molecule has 0 fully saturated rings. The van der Waals surface area contributed by atoms with Crippen LogP contribution in [0.2, 0.25) is 0 Å². The smallest absolute Gasteiger partial charge is 0.326 e. The second kappa shape index (κ2) is 25.8. The molecule has 0 bridgehead atoms. The highest BCUT2D eigenvalue weighted by Gasteiger charge is 2.36. The number of amides is 8. The Hall–Kier alpha value is -6.74. The first-order chi connectivity index (χ1) is 28.9. The van der Waals surface area contributed by atoms with Gasteiger partial charge in [-0.1, -0.05) is 13.8 Å². The van der Waals surface area contributed by atoms with Crippen molar-refractivity contribution in [2.24, 2.45) is 17.4 Å². The highest BCUT2D eigenvalue weighted by molar-refractivity contribution is 5.99. The van der Waals surface area contributed by atoms with E-state index in [2.05, 4.69) is 36.6 Å². The Morgan fingerprint density at radius 1 is 0.645 bits per heavy atom. The molecule has 1 heterocycles. The van der Waals surface area contributed by atoms with Crippen molar-refractivity contribution in [3.63, 3.8) is 0 Å². The van der Waals surface area contributed by atoms with Gasteiger partial charge in [0.25, 0.3) is 0 Å². The fraction of sp³-hybridized carbons (Fsp3) is 0.600. The number of primary amides is 1. The molecule has 62 heavy (non-hydrogen) atoms. The Morgan fingerprint density at radius 3 is 1.52 bits per heavy atom. The van der Waals surface area contributed by atoms with Crippen molar-refractivity contribution < 1.29 is 78.3 Å². The van der Waals surface area contributed by atoms with Gasteiger partial charge in [0.2, 0.25) is 47.3 Å². The zero-order valence-electron chi connectivity index (χ0n) is 34.2. The van der Waals surface area contributed by atoms with E-state index in [9.17, 15) is 78.3 Å². The number of nitrogens with two attached hydrogens (primary N) is 2. The van der Waals surface area contributed by atoms with Crippen LogP contribution in [0.1, 0.15) is 65.5 Å². The number of rotatable bonds is 28. The van der Waals surface area contributed by atoms with Crippen LogP contribution in [0.5, 0.6) is 0 Å². The van der Waals surface area contributed by atoms with Crippen molar-refractivity contribution in [3.8, 4) is 0 Å². The molecule has 346 valence electrons. The van der Waals surface area contributed by atoms with E-state index in [-0.39, 0.29) is 12.8 Å². The van der Waals surface area contributed by atoms with Crippen molar-refractivity contribution in [2.45, 2.75) is 121 Å². The van der Waals surface area contributed by atoms with Crippen LogP contribution in [0.3, 0.4) is 0 Å². The molecule has 0 radical (unpaired) electrons. The van der Waals surface area contributed by atoms with Gasteiger partial charge >= 0.3 is 17.9 Å². The molecule has 17 N–H and O–H groups in total. The summed E-state index contributed by atoms with van der Waals surface area (Å²) in [5.41, 5.74) is 11.0. The van der Waals surface area contributed by atoms with Crippen LogP contribution in [0.4, 0.5) is 0 Å². The van der Waals surface area contributed by atoms with E-state index in [1.54, 1.807) is 13.8 Å². The maximum Gasteiger partial charge on any atom is 0.326 e. The third-order valence-corrected chi connectivity index (χ3v) is 8.56. The monoisotopic (exact) mass is 885 g/mol. The predicted molar refractivity (Wildman–Crippen MR) is 208 cm³/mol. The largest absolute Gasteiger partial charge is 0.481 e. The summed E-state index contributed by atoms with van der Waals surface area (Å²) < 4.78 is 0. The lowest BCUT2D eigenvalue weighted by atomic mass is 10.0. The Kier molecular flexibility index (Phi) is 22.2. The van der Waals surface area contributed by atoms with Crippen LogP contribution < -0.4 is 48.7 Å². The van der Waals surface area contributed by atoms with Gasteiger partial charge in [-0.2, -0.15) is 0 Å². The second-order valence-electron chi connectivity index (χ2n) is 14.5. The number of nitrogens with one attached hydrogen (secondary N) is 8. The number of carbonyl (C=O) groups excluding carboxylic acids is 8. The topological polar surface area (TPSA) is 454 Å². The van der Waals surface area contributed by atoms with E-state index in [1.165, 1.54) is 19.4 Å². The van der Waals surface area contributed by atoms with Gasteiger partial charge in [-0.25, -0.2) is 9.78 Å². The minimum absolute atomic E-state index is 0.205. The summed E-state index contributed by atoms with van der Waals surface area (Å²) in [7, 11) is 0. The lowest BCUT2D eigenvalue weighted by Gasteiger charge is -2.28. The maximum atomic E-state index is 13.7. The van der Waals surface area contributed by atoms with Crippen LogP contribution in [0.15, 0.2) is 12.5 Å². The van der Waals surface area contributed by atoms with Gasteiger partial charge in [-0.3, -0.25) is 47.9 Å². The Balaban J connectivity index is 3.33. The summed E-state index contributed by atoms with van der Waals surface area (Å²) in [4.78, 5) is 145. The number of H-pyrrole nitrogens is 1. The highest BCUT2D eigenvalue weighted by atomic mass is 16.4. The molecule has 8 amide bonds. The number of hydrogen-bond acceptors (Lipinski definition) is 15. The average Bonchev–Trinajstić information content (AvgIpc) is 3.68. The summed E-state index contributed by atoms with van der Waals surface area (Å²) in [6.07, 6.45) is -2.79. The molecule has 0 aliphatic carbocycles. The molecule has 1 aromatic heterocycles. The van der Waals surface area contributed by atoms with Gasteiger partial charge < -0.3 is 79.2 Å². The Labute approximate surface area is 353 Å². The van der Waals surface area contributed by atoms with Crippen molar-refractivity contribution in [1.82, 2.24) is 47.2 Å². The third-order valence-electron chi connectivity index (χ3n) is 8.56. The lowest BCUT2D eigenvalue weighted by Crippen LogP contribution is -2.62. The molecule has 0 saturated heterocycles. The van der Waals surface area contributed by atoms with Gasteiger partial charge in [0, 0.05) is 24.7 Å². The summed E-state index contributed by atoms with van der Waals surface area (Å²) in [6.45, 7) is 4.53. The number of aromatic nitrogens is 2. The van der Waals surface area contributed by atoms with E-state index in [1.807, 2.05) is 10.6 Å². The van der Waals surface area contributed by atoms with Crippen molar-refractivity contribution in [1.29, 1.82) is 0 Å². The van der Waals surface area contributed by atoms with E-state index >= 15 is 0 Å². The zero-order chi connectivity index (χ0) is 47.4. The number of carbonyl (C=O) groups is 11. The van der Waals surface area contributed by atoms with E-state index < -0.39 is 158 Å². The van der Waals surface area contributed by atoms with Gasteiger partial charge in [0.1, 0.15) is 42.3 Å². The molecular weight excluding hydrogens is 830 g/mol. The molecule has 0 aromatic carbocycles. The summed E-state index contributed by atoms with van der Waals surface area (Å²) in [5.74, 6) is -14.4. The van der Waals surface area contributed by atoms with Gasteiger partial charge in [-0.05, 0) is 32.6 Å². The number of hydrogen-bond donors (Lipinski definition) is 15. The quantitative estimate of drug-likeness (QED) is 0.0372. The molecule has 0 aliphatic heterocycles. The van der Waals surface area contributed by atoms with Crippen LogP contribution in [0, 0.1) is 5.92 Å². The van der Waals surface area contributed by atoms with E-state index in [0.717, 1.165) is 6.92 Å². The first kappa shape index (κ1) is 53.3. The number of aromatic amines is 1. The van der Waals surface area contributed by atoms with Crippen molar-refractivity contribution in [2.75, 3.05) is 6.61 Å². The number of imidazole rings is 1. The maximum absolute atomic E-state index is 13.7. The molecule has 1 aromatic rings. The van der Waals surface area contributed by atoms with E-state index in [0.29, 0.717) is 5.69 Å². The van der Waals surface area contributed by atoms with Crippen LogP contribution in [-0.4, -0.2) is 162 Å². The van der Waals surface area contributed by atoms with E-state index in [4.69, 9.17) is 11.5 Å². The number of aliphatic carboxylic acids is 3. The van der Waals surface area contributed by atoms with Gasteiger partial charge in [0.15, 0.2) is 0 Å². The van der Waals surface area contributed by atoms with Crippen LogP contribution >= 0.6 is 0 Å². The van der Waals surface area contributed by atoms with Gasteiger partial charge in [-0.15, -0.1) is 0 Å². The molecule has 0 saturated carbocycles. The summed E-state index contributed by atoms with van der Waals surface area (Å²) >= 11 is 0. The molecule has 0 spiro atoms. The zero-order valence-corrected chi connectivity index (χ0v) is 34.2. The highest BCUT2D eigenvalue weighted by Crippen LogP contribution is 2.10. The molecular formula is C35H55N11O16. The SMILES string of the molecule is CC(C)C[C@H](NC(=O)[C@H](CC(=O)O)NC(=O)[C@H](CC(=O)O)NC(=O)[C@H](CO)NC(=O)[C@H](C)N)C(=O)N[C@H](C(=O)N[C@@H](CCC(N)=O)C(=O)N[C@@H](Cc1cnc[nH]1)C(=O)O)[C@@H](C)O. The summed E-state index contributed by atoms with van der Waals surface area (Å²) in [5, 5.41) is 63.8. The fourth-order valence-electron chi connectivity index (χ4n) is 5.35. The first-order valence-corrected chi connectivity index (χ1v) is 19.0. The number of nitrogens with zero attached hydrogens (tertiary/aromatic N) is 1. The normalized spacial score (nSPS) is 15.4. The second-order valence-corrected chi connectivity index (χ2v) is 14.5. The Morgan fingerprint density at radius 2 is 1.10 bits per heavy atom. The number of carboxylic acid groups (broad SMARTS) is 3. The molecule has 27 nitrogen and oxygen atoms in total. The van der Waals surface area contributed by atoms with Crippen molar-refractivity contribution >= 4 is 65.2 Å². The molecule has 27 heteroatoms. The average molecular weight is 886 g/mol. The number of carboxylic acids is 3. The third kappa shape index (κ3) is 19.1. The first-order valence-electron chi connectivity index (χ1n) is 19.0.